The van der Waals surface area contributed by atoms with Crippen molar-refractivity contribution in [3.05, 3.63) is 0 Å². The lowest BCUT2D eigenvalue weighted by Crippen LogP contribution is -2.17. The molecule has 2 nitrogen and oxygen atoms in total. The second kappa shape index (κ2) is 6.93. The normalized spacial score (nSPS) is 16.8. The van der Waals surface area contributed by atoms with Crippen molar-refractivity contribution in [1.29, 1.82) is 0 Å². The zero-order chi connectivity index (χ0) is 10.2. The lowest BCUT2D eigenvalue weighted by Gasteiger charge is -2.14. The summed E-state index contributed by atoms with van der Waals surface area (Å²) in [5.41, 5.74) is -0.318. The van der Waals surface area contributed by atoms with Crippen LogP contribution in [0.2, 0.25) is 0 Å². The van der Waals surface area contributed by atoms with Gasteiger partial charge < -0.3 is 4.74 Å². The summed E-state index contributed by atoms with van der Waals surface area (Å²) in [5, 5.41) is 0. The first-order chi connectivity index (χ1) is 6.06. The van der Waals surface area contributed by atoms with Crippen LogP contribution in [0, 0.1) is 0 Å². The van der Waals surface area contributed by atoms with Crippen LogP contribution in [0.1, 0.15) is 59.3 Å². The van der Waals surface area contributed by atoms with Gasteiger partial charge in [0.1, 0.15) is 5.60 Å². The van der Waals surface area contributed by atoms with E-state index in [0.29, 0.717) is 6.47 Å². The zero-order valence-electron chi connectivity index (χ0n) is 9.14. The maximum atomic E-state index is 9.60. The summed E-state index contributed by atoms with van der Waals surface area (Å²) in [7, 11) is 0. The van der Waals surface area contributed by atoms with E-state index in [1.54, 1.807) is 0 Å². The predicted octanol–water partition coefficient (Wildman–Crippen LogP) is 3.30. The van der Waals surface area contributed by atoms with E-state index in [1.165, 1.54) is 38.5 Å². The minimum atomic E-state index is -0.318. The lowest BCUT2D eigenvalue weighted by atomic mass is 10.0. The Balaban J connectivity index is 0.000000223. The SMILES string of the molecule is C1CCCCC1.CC(C)(C)OC=O. The van der Waals surface area contributed by atoms with Gasteiger partial charge in [-0.25, -0.2) is 0 Å². The van der Waals surface area contributed by atoms with Gasteiger partial charge in [0.15, 0.2) is 0 Å². The molecule has 2 heteroatoms. The largest absolute Gasteiger partial charge is 0.462 e. The van der Waals surface area contributed by atoms with E-state index in [1.807, 2.05) is 20.8 Å². The van der Waals surface area contributed by atoms with E-state index >= 15 is 0 Å². The molecule has 1 aliphatic carbocycles. The quantitative estimate of drug-likeness (QED) is 0.587. The Morgan fingerprint density at radius 2 is 1.23 bits per heavy atom. The molecule has 1 saturated carbocycles. The molecular formula is C11H22O2. The molecule has 1 rings (SSSR count). The van der Waals surface area contributed by atoms with Crippen molar-refractivity contribution < 1.29 is 9.53 Å². The monoisotopic (exact) mass is 186 g/mol. The third-order valence-electron chi connectivity index (χ3n) is 1.90. The van der Waals surface area contributed by atoms with Gasteiger partial charge in [0.25, 0.3) is 6.47 Å². The Bertz CT molecular complexity index is 109. The molecular weight excluding hydrogens is 164 g/mol. The molecule has 0 amide bonds. The first-order valence-electron chi connectivity index (χ1n) is 5.18. The first kappa shape index (κ1) is 12.5. The van der Waals surface area contributed by atoms with E-state index in [9.17, 15) is 4.79 Å². The van der Waals surface area contributed by atoms with Crippen LogP contribution < -0.4 is 0 Å². The van der Waals surface area contributed by atoms with Gasteiger partial charge >= 0.3 is 0 Å². The molecule has 1 fully saturated rings. The highest BCUT2D eigenvalue weighted by Crippen LogP contribution is 2.15. The van der Waals surface area contributed by atoms with Crippen molar-refractivity contribution in [3.63, 3.8) is 0 Å². The van der Waals surface area contributed by atoms with Gasteiger partial charge in [0.2, 0.25) is 0 Å². The molecule has 0 radical (unpaired) electrons. The van der Waals surface area contributed by atoms with Gasteiger partial charge in [-0.2, -0.15) is 0 Å². The molecule has 0 aromatic carbocycles. The van der Waals surface area contributed by atoms with Gasteiger partial charge in [-0.05, 0) is 20.8 Å². The van der Waals surface area contributed by atoms with E-state index in [2.05, 4.69) is 4.74 Å². The van der Waals surface area contributed by atoms with Crippen molar-refractivity contribution in [2.75, 3.05) is 0 Å². The third kappa shape index (κ3) is 11.5. The van der Waals surface area contributed by atoms with Crippen LogP contribution in [-0.2, 0) is 9.53 Å². The Kier molecular flexibility index (Phi) is 6.65. The van der Waals surface area contributed by atoms with Crippen LogP contribution in [-0.4, -0.2) is 12.1 Å². The molecule has 0 heterocycles. The van der Waals surface area contributed by atoms with Crippen LogP contribution in [0.5, 0.6) is 0 Å². The first-order valence-corrected chi connectivity index (χ1v) is 5.18. The smallest absolute Gasteiger partial charge is 0.293 e. The topological polar surface area (TPSA) is 26.3 Å². The molecule has 0 spiro atoms. The van der Waals surface area contributed by atoms with Crippen LogP contribution in [0.15, 0.2) is 0 Å². The average molecular weight is 186 g/mol. The lowest BCUT2D eigenvalue weighted by molar-refractivity contribution is -0.138. The second-order valence-electron chi connectivity index (χ2n) is 4.45. The Morgan fingerprint density at radius 3 is 1.31 bits per heavy atom. The number of rotatable bonds is 1. The molecule has 0 aromatic heterocycles. The van der Waals surface area contributed by atoms with Gasteiger partial charge in [0, 0.05) is 0 Å². The molecule has 1 aliphatic rings. The molecule has 0 unspecified atom stereocenters. The van der Waals surface area contributed by atoms with E-state index in [4.69, 9.17) is 0 Å². The van der Waals surface area contributed by atoms with Gasteiger partial charge in [-0.3, -0.25) is 4.79 Å². The molecule has 0 N–H and O–H groups in total. The van der Waals surface area contributed by atoms with Crippen molar-refractivity contribution in [1.82, 2.24) is 0 Å². The molecule has 0 bridgehead atoms. The fourth-order valence-corrected chi connectivity index (χ4v) is 1.20. The van der Waals surface area contributed by atoms with Crippen LogP contribution in [0.3, 0.4) is 0 Å². The Labute approximate surface area is 81.7 Å². The summed E-state index contributed by atoms with van der Waals surface area (Å²) < 4.78 is 4.55. The van der Waals surface area contributed by atoms with E-state index in [0.717, 1.165) is 0 Å². The fraction of sp³-hybridized carbons (Fsp3) is 0.909. The Hall–Kier alpha value is -0.530. The number of hydrogen-bond donors (Lipinski definition) is 0. The minimum Gasteiger partial charge on any atom is -0.462 e. The number of ether oxygens (including phenoxy) is 1. The van der Waals surface area contributed by atoms with Crippen LogP contribution >= 0.6 is 0 Å². The molecule has 13 heavy (non-hydrogen) atoms. The predicted molar refractivity (Wildman–Crippen MR) is 54.6 cm³/mol. The molecule has 78 valence electrons. The van der Waals surface area contributed by atoms with Gasteiger partial charge in [-0.15, -0.1) is 0 Å². The van der Waals surface area contributed by atoms with Crippen LogP contribution in [0.25, 0.3) is 0 Å². The fourth-order valence-electron chi connectivity index (χ4n) is 1.20. The van der Waals surface area contributed by atoms with E-state index < -0.39 is 0 Å². The van der Waals surface area contributed by atoms with Crippen molar-refractivity contribution in [3.8, 4) is 0 Å². The minimum absolute atomic E-state index is 0.318. The maximum Gasteiger partial charge on any atom is 0.293 e. The maximum absolute atomic E-state index is 9.60. The highest BCUT2D eigenvalue weighted by molar-refractivity contribution is 5.37. The number of carbonyl (C=O) groups is 1. The number of hydrogen-bond acceptors (Lipinski definition) is 2. The standard InChI is InChI=1S/C6H12.C5H10O2/c1-2-4-6-5-3-1;1-5(2,3)7-4-6/h1-6H2;4H,1-3H3. The van der Waals surface area contributed by atoms with Crippen molar-refractivity contribution in [2.24, 2.45) is 0 Å². The summed E-state index contributed by atoms with van der Waals surface area (Å²) in [5.74, 6) is 0. The summed E-state index contributed by atoms with van der Waals surface area (Å²) in [4.78, 5) is 9.60. The van der Waals surface area contributed by atoms with Crippen molar-refractivity contribution in [2.45, 2.75) is 64.9 Å². The van der Waals surface area contributed by atoms with Crippen molar-refractivity contribution >= 4 is 6.47 Å². The van der Waals surface area contributed by atoms with Gasteiger partial charge in [-0.1, -0.05) is 38.5 Å². The summed E-state index contributed by atoms with van der Waals surface area (Å²) in [6.07, 6.45) is 9.00. The van der Waals surface area contributed by atoms with Gasteiger partial charge in [0.05, 0.1) is 0 Å². The highest BCUT2D eigenvalue weighted by atomic mass is 16.5. The van der Waals surface area contributed by atoms with E-state index in [-0.39, 0.29) is 5.60 Å². The highest BCUT2D eigenvalue weighted by Gasteiger charge is 2.07. The summed E-state index contributed by atoms with van der Waals surface area (Å²) >= 11 is 0. The average Bonchev–Trinajstić information content (AvgIpc) is 2.06. The molecule has 0 aromatic rings. The summed E-state index contributed by atoms with van der Waals surface area (Å²) in [6, 6.07) is 0. The molecule has 0 saturated heterocycles. The second-order valence-corrected chi connectivity index (χ2v) is 4.45. The van der Waals surface area contributed by atoms with Crippen LogP contribution in [0.4, 0.5) is 0 Å². The molecule has 0 aliphatic heterocycles. The third-order valence-corrected chi connectivity index (χ3v) is 1.90. The Morgan fingerprint density at radius 1 is 0.923 bits per heavy atom. The number of carbonyl (C=O) groups excluding carboxylic acids is 1. The summed E-state index contributed by atoms with van der Waals surface area (Å²) in [6.45, 7) is 5.92. The zero-order valence-corrected chi connectivity index (χ0v) is 9.14. The molecule has 0 atom stereocenters.